The molecule has 0 atom stereocenters. The number of carbonyl (C=O) groups excluding carboxylic acids is 1. The second kappa shape index (κ2) is 5.21. The number of hydrogen-bond donors (Lipinski definition) is 1. The Morgan fingerprint density at radius 2 is 2.31 bits per heavy atom. The van der Waals surface area contributed by atoms with Gasteiger partial charge < -0.3 is 10.1 Å². The molecule has 4 heteroatoms. The standard InChI is InChI=1S/C12H14ClNO2/c13-10-2-1-3-11(8-10)16-7-6-14-12(15)9-4-5-9/h1-3,8-9H,4-7H2,(H,14,15). The van der Waals surface area contributed by atoms with Gasteiger partial charge >= 0.3 is 0 Å². The molecule has 0 aromatic heterocycles. The zero-order valence-corrected chi connectivity index (χ0v) is 9.67. The van der Waals surface area contributed by atoms with Gasteiger partial charge in [0.15, 0.2) is 0 Å². The first-order valence-electron chi connectivity index (χ1n) is 5.42. The van der Waals surface area contributed by atoms with Crippen molar-refractivity contribution in [3.05, 3.63) is 29.3 Å². The van der Waals surface area contributed by atoms with Gasteiger partial charge in [0.1, 0.15) is 12.4 Å². The van der Waals surface area contributed by atoms with Crippen LogP contribution in [-0.2, 0) is 4.79 Å². The molecule has 86 valence electrons. The van der Waals surface area contributed by atoms with Crippen molar-refractivity contribution in [2.75, 3.05) is 13.2 Å². The molecule has 1 aliphatic rings. The zero-order valence-electron chi connectivity index (χ0n) is 8.91. The van der Waals surface area contributed by atoms with Crippen LogP contribution in [0.25, 0.3) is 0 Å². The number of ether oxygens (including phenoxy) is 1. The fraction of sp³-hybridized carbons (Fsp3) is 0.417. The van der Waals surface area contributed by atoms with Crippen LogP contribution in [0.4, 0.5) is 0 Å². The van der Waals surface area contributed by atoms with Crippen molar-refractivity contribution in [3.8, 4) is 5.75 Å². The van der Waals surface area contributed by atoms with Gasteiger partial charge in [-0.25, -0.2) is 0 Å². The highest BCUT2D eigenvalue weighted by molar-refractivity contribution is 6.30. The van der Waals surface area contributed by atoms with Gasteiger partial charge in [0.2, 0.25) is 5.91 Å². The Morgan fingerprint density at radius 1 is 1.50 bits per heavy atom. The molecular weight excluding hydrogens is 226 g/mol. The van der Waals surface area contributed by atoms with Crippen molar-refractivity contribution in [2.45, 2.75) is 12.8 Å². The molecule has 0 aliphatic heterocycles. The summed E-state index contributed by atoms with van der Waals surface area (Å²) in [6.07, 6.45) is 2.06. The summed E-state index contributed by atoms with van der Waals surface area (Å²) < 4.78 is 5.44. The van der Waals surface area contributed by atoms with Crippen LogP contribution >= 0.6 is 11.6 Å². The third-order valence-electron chi connectivity index (χ3n) is 2.41. The topological polar surface area (TPSA) is 38.3 Å². The highest BCUT2D eigenvalue weighted by Crippen LogP contribution is 2.28. The van der Waals surface area contributed by atoms with Crippen LogP contribution in [-0.4, -0.2) is 19.1 Å². The third-order valence-corrected chi connectivity index (χ3v) is 2.65. The quantitative estimate of drug-likeness (QED) is 0.801. The van der Waals surface area contributed by atoms with E-state index in [-0.39, 0.29) is 11.8 Å². The lowest BCUT2D eigenvalue weighted by molar-refractivity contribution is -0.122. The van der Waals surface area contributed by atoms with Gasteiger partial charge in [-0.1, -0.05) is 17.7 Å². The molecule has 0 spiro atoms. The summed E-state index contributed by atoms with van der Waals surface area (Å²) in [6, 6.07) is 7.22. The van der Waals surface area contributed by atoms with Gasteiger partial charge in [-0.3, -0.25) is 4.79 Å². The van der Waals surface area contributed by atoms with Crippen molar-refractivity contribution in [1.29, 1.82) is 0 Å². The Morgan fingerprint density at radius 3 is 3.00 bits per heavy atom. The molecule has 2 rings (SSSR count). The van der Waals surface area contributed by atoms with Crippen LogP contribution in [0.1, 0.15) is 12.8 Å². The Bertz CT molecular complexity index is 377. The van der Waals surface area contributed by atoms with E-state index in [1.807, 2.05) is 12.1 Å². The fourth-order valence-electron chi connectivity index (χ4n) is 1.39. The lowest BCUT2D eigenvalue weighted by Gasteiger charge is -2.07. The van der Waals surface area contributed by atoms with Crippen LogP contribution < -0.4 is 10.1 Å². The molecule has 3 nitrogen and oxygen atoms in total. The number of hydrogen-bond acceptors (Lipinski definition) is 2. The average molecular weight is 240 g/mol. The van der Waals surface area contributed by atoms with E-state index in [0.29, 0.717) is 18.2 Å². The third kappa shape index (κ3) is 3.42. The monoisotopic (exact) mass is 239 g/mol. The van der Waals surface area contributed by atoms with E-state index in [0.717, 1.165) is 18.6 Å². The van der Waals surface area contributed by atoms with Gasteiger partial charge in [0.05, 0.1) is 6.54 Å². The van der Waals surface area contributed by atoms with Crippen molar-refractivity contribution in [1.82, 2.24) is 5.32 Å². The molecule has 1 aromatic rings. The van der Waals surface area contributed by atoms with Crippen molar-refractivity contribution >= 4 is 17.5 Å². The normalized spacial score (nSPS) is 14.6. The smallest absolute Gasteiger partial charge is 0.223 e. The molecule has 0 bridgehead atoms. The minimum absolute atomic E-state index is 0.148. The first kappa shape index (κ1) is 11.3. The molecule has 0 heterocycles. The first-order valence-corrected chi connectivity index (χ1v) is 5.79. The number of rotatable bonds is 5. The average Bonchev–Trinajstić information content (AvgIpc) is 3.08. The number of carbonyl (C=O) groups is 1. The molecule has 1 amide bonds. The molecule has 0 saturated heterocycles. The van der Waals surface area contributed by atoms with Crippen LogP contribution in [0.15, 0.2) is 24.3 Å². The Hall–Kier alpha value is -1.22. The molecular formula is C12H14ClNO2. The summed E-state index contributed by atoms with van der Waals surface area (Å²) in [5.41, 5.74) is 0. The van der Waals surface area contributed by atoms with E-state index in [2.05, 4.69) is 5.32 Å². The molecule has 0 radical (unpaired) electrons. The predicted molar refractivity (Wildman–Crippen MR) is 62.7 cm³/mol. The van der Waals surface area contributed by atoms with E-state index in [1.165, 1.54) is 0 Å². The van der Waals surface area contributed by atoms with Crippen LogP contribution in [0.5, 0.6) is 5.75 Å². The fourth-order valence-corrected chi connectivity index (χ4v) is 1.57. The summed E-state index contributed by atoms with van der Waals surface area (Å²) >= 11 is 5.81. The molecule has 1 aliphatic carbocycles. The summed E-state index contributed by atoms with van der Waals surface area (Å²) in [6.45, 7) is 1.01. The maximum atomic E-state index is 11.3. The summed E-state index contributed by atoms with van der Waals surface area (Å²) in [4.78, 5) is 11.3. The second-order valence-electron chi connectivity index (χ2n) is 3.87. The maximum absolute atomic E-state index is 11.3. The van der Waals surface area contributed by atoms with Gasteiger partial charge in [-0.05, 0) is 31.0 Å². The van der Waals surface area contributed by atoms with Crippen LogP contribution in [0.2, 0.25) is 5.02 Å². The highest BCUT2D eigenvalue weighted by atomic mass is 35.5. The molecule has 1 N–H and O–H groups in total. The molecule has 1 aromatic carbocycles. The Labute approximate surface area is 99.7 Å². The summed E-state index contributed by atoms with van der Waals surface area (Å²) in [7, 11) is 0. The van der Waals surface area contributed by atoms with E-state index in [1.54, 1.807) is 12.1 Å². The maximum Gasteiger partial charge on any atom is 0.223 e. The van der Waals surface area contributed by atoms with Gasteiger partial charge in [0.25, 0.3) is 0 Å². The molecule has 16 heavy (non-hydrogen) atoms. The number of halogens is 1. The minimum atomic E-state index is 0.148. The van der Waals surface area contributed by atoms with Gasteiger partial charge in [-0.2, -0.15) is 0 Å². The number of nitrogens with one attached hydrogen (secondary N) is 1. The van der Waals surface area contributed by atoms with E-state index < -0.39 is 0 Å². The van der Waals surface area contributed by atoms with E-state index in [9.17, 15) is 4.79 Å². The van der Waals surface area contributed by atoms with E-state index >= 15 is 0 Å². The van der Waals surface area contributed by atoms with Gasteiger partial charge in [0, 0.05) is 10.9 Å². The predicted octanol–water partition coefficient (Wildman–Crippen LogP) is 2.25. The van der Waals surface area contributed by atoms with Crippen molar-refractivity contribution in [2.24, 2.45) is 5.92 Å². The minimum Gasteiger partial charge on any atom is -0.492 e. The zero-order chi connectivity index (χ0) is 11.4. The number of amides is 1. The Balaban J connectivity index is 1.65. The lowest BCUT2D eigenvalue weighted by Crippen LogP contribution is -2.29. The molecule has 1 saturated carbocycles. The largest absolute Gasteiger partial charge is 0.492 e. The van der Waals surface area contributed by atoms with Crippen LogP contribution in [0, 0.1) is 5.92 Å². The lowest BCUT2D eigenvalue weighted by atomic mass is 10.3. The summed E-state index contributed by atoms with van der Waals surface area (Å²) in [5, 5.41) is 3.48. The van der Waals surface area contributed by atoms with Crippen molar-refractivity contribution in [3.63, 3.8) is 0 Å². The second-order valence-corrected chi connectivity index (χ2v) is 4.31. The Kier molecular flexibility index (Phi) is 3.67. The number of benzene rings is 1. The summed E-state index contributed by atoms with van der Waals surface area (Å²) in [5.74, 6) is 1.13. The molecule has 1 fully saturated rings. The highest BCUT2D eigenvalue weighted by Gasteiger charge is 2.28. The van der Waals surface area contributed by atoms with Gasteiger partial charge in [-0.15, -0.1) is 0 Å². The van der Waals surface area contributed by atoms with Crippen molar-refractivity contribution < 1.29 is 9.53 Å². The van der Waals surface area contributed by atoms with E-state index in [4.69, 9.17) is 16.3 Å². The molecule has 0 unspecified atom stereocenters. The first-order chi connectivity index (χ1) is 7.75. The SMILES string of the molecule is O=C(NCCOc1cccc(Cl)c1)C1CC1. The van der Waals surface area contributed by atoms with Crippen LogP contribution in [0.3, 0.4) is 0 Å².